The lowest BCUT2D eigenvalue weighted by atomic mass is 10.00. The lowest BCUT2D eigenvalue weighted by molar-refractivity contribution is -0.124. The topological polar surface area (TPSA) is 73.9 Å². The fraction of sp³-hybridized carbons (Fsp3) is 0.364. The molecule has 28 heavy (non-hydrogen) atoms. The Balaban J connectivity index is 1.49. The highest BCUT2D eigenvalue weighted by Gasteiger charge is 2.18. The van der Waals surface area contributed by atoms with Crippen LogP contribution in [0.5, 0.6) is 11.5 Å². The van der Waals surface area contributed by atoms with Crippen molar-refractivity contribution in [1.82, 2.24) is 5.32 Å². The summed E-state index contributed by atoms with van der Waals surface area (Å²) in [5.74, 6) is 0.741. The molecule has 148 valence electrons. The predicted molar refractivity (Wildman–Crippen MR) is 104 cm³/mol. The maximum atomic E-state index is 12.1. The molecule has 6 heteroatoms. The Morgan fingerprint density at radius 2 is 1.75 bits per heavy atom. The Morgan fingerprint density at radius 3 is 2.46 bits per heavy atom. The van der Waals surface area contributed by atoms with E-state index >= 15 is 0 Å². The number of rotatable bonds is 7. The van der Waals surface area contributed by atoms with E-state index in [0.717, 1.165) is 12.0 Å². The summed E-state index contributed by atoms with van der Waals surface area (Å²) in [6.45, 7) is 6.05. The second-order valence-electron chi connectivity index (χ2n) is 7.27. The van der Waals surface area contributed by atoms with Gasteiger partial charge in [0, 0.05) is 0 Å². The second-order valence-corrected chi connectivity index (χ2v) is 7.27. The van der Waals surface area contributed by atoms with Crippen LogP contribution in [-0.2, 0) is 16.0 Å². The summed E-state index contributed by atoms with van der Waals surface area (Å²) in [7, 11) is 0. The molecule has 0 fully saturated rings. The summed E-state index contributed by atoms with van der Waals surface area (Å²) in [6, 6.07) is 12.8. The van der Waals surface area contributed by atoms with Crippen LogP contribution in [0.2, 0.25) is 0 Å². The van der Waals surface area contributed by atoms with E-state index in [-0.39, 0.29) is 25.3 Å². The molecule has 3 rings (SSSR count). The zero-order valence-electron chi connectivity index (χ0n) is 16.4. The molecule has 0 spiro atoms. The third-order valence-electron chi connectivity index (χ3n) is 4.44. The predicted octanol–water partition coefficient (Wildman–Crippen LogP) is 3.65. The van der Waals surface area contributed by atoms with Crippen LogP contribution in [-0.4, -0.2) is 25.3 Å². The number of nitrogens with one attached hydrogen (secondary N) is 1. The number of ether oxygens (including phenoxy) is 3. The first kappa shape index (κ1) is 19.7. The highest BCUT2D eigenvalue weighted by atomic mass is 16.7. The van der Waals surface area contributed by atoms with Gasteiger partial charge in [0.1, 0.15) is 0 Å². The van der Waals surface area contributed by atoms with Crippen LogP contribution >= 0.6 is 0 Å². The van der Waals surface area contributed by atoms with Crippen molar-refractivity contribution in [2.45, 2.75) is 33.2 Å². The van der Waals surface area contributed by atoms with Crippen molar-refractivity contribution in [3.8, 4) is 11.5 Å². The summed E-state index contributed by atoms with van der Waals surface area (Å²) in [5, 5.41) is 2.84. The number of hydrogen-bond acceptors (Lipinski definition) is 5. The van der Waals surface area contributed by atoms with Gasteiger partial charge in [-0.2, -0.15) is 0 Å². The molecule has 2 aromatic rings. The smallest absolute Gasteiger partial charge is 0.338 e. The first-order valence-electron chi connectivity index (χ1n) is 9.37. The lowest BCUT2D eigenvalue weighted by Crippen LogP contribution is -2.31. The Labute approximate surface area is 164 Å². The number of fused-ring (bicyclic) bond motifs is 1. The number of esters is 1. The third kappa shape index (κ3) is 5.03. The Kier molecular flexibility index (Phi) is 6.19. The normalized spacial score (nSPS) is 13.3. The van der Waals surface area contributed by atoms with E-state index in [4.69, 9.17) is 14.2 Å². The molecule has 2 aromatic carbocycles. The molecule has 6 nitrogen and oxygen atoms in total. The molecule has 0 unspecified atom stereocenters. The minimum Gasteiger partial charge on any atom is -0.454 e. The zero-order chi connectivity index (χ0) is 20.1. The quantitative estimate of drug-likeness (QED) is 0.739. The van der Waals surface area contributed by atoms with E-state index in [9.17, 15) is 9.59 Å². The van der Waals surface area contributed by atoms with Crippen molar-refractivity contribution in [3.63, 3.8) is 0 Å². The van der Waals surface area contributed by atoms with Crippen molar-refractivity contribution in [2.75, 3.05) is 13.4 Å². The molecule has 1 N–H and O–H groups in total. The summed E-state index contributed by atoms with van der Waals surface area (Å²) >= 11 is 0. The Morgan fingerprint density at radius 1 is 1.04 bits per heavy atom. The van der Waals surface area contributed by atoms with Crippen molar-refractivity contribution in [3.05, 3.63) is 59.2 Å². The van der Waals surface area contributed by atoms with Crippen molar-refractivity contribution in [1.29, 1.82) is 0 Å². The van der Waals surface area contributed by atoms with E-state index in [0.29, 0.717) is 23.0 Å². The van der Waals surface area contributed by atoms with Gasteiger partial charge in [0.15, 0.2) is 18.1 Å². The summed E-state index contributed by atoms with van der Waals surface area (Å²) in [4.78, 5) is 24.3. The Hall–Kier alpha value is -3.02. The zero-order valence-corrected chi connectivity index (χ0v) is 16.4. The SMILES string of the molecule is CC(C)Cc1ccc([C@@H](C)NC(=O)COC(=O)c2ccc3c(c2)OCO3)cc1. The first-order chi connectivity index (χ1) is 13.4. The van der Waals surface area contributed by atoms with Gasteiger partial charge in [-0.1, -0.05) is 38.1 Å². The monoisotopic (exact) mass is 383 g/mol. The van der Waals surface area contributed by atoms with Gasteiger partial charge in [0.05, 0.1) is 11.6 Å². The molecule has 1 atom stereocenters. The van der Waals surface area contributed by atoms with Gasteiger partial charge >= 0.3 is 5.97 Å². The molecule has 0 aliphatic carbocycles. The molecule has 0 saturated carbocycles. The van der Waals surface area contributed by atoms with Crippen LogP contribution in [0.15, 0.2) is 42.5 Å². The van der Waals surface area contributed by atoms with Crippen LogP contribution in [0.3, 0.4) is 0 Å². The molecule has 0 bridgehead atoms. The average Bonchev–Trinajstić information content (AvgIpc) is 3.14. The van der Waals surface area contributed by atoms with Crippen LogP contribution in [0.1, 0.15) is 48.3 Å². The van der Waals surface area contributed by atoms with Gasteiger partial charge in [0.25, 0.3) is 5.91 Å². The van der Waals surface area contributed by atoms with Crippen molar-refractivity contribution < 1.29 is 23.8 Å². The maximum Gasteiger partial charge on any atom is 0.338 e. The highest BCUT2D eigenvalue weighted by Crippen LogP contribution is 2.32. The van der Waals surface area contributed by atoms with Crippen molar-refractivity contribution in [2.24, 2.45) is 5.92 Å². The molecule has 1 heterocycles. The molecule has 0 aromatic heterocycles. The molecular weight excluding hydrogens is 358 g/mol. The second kappa shape index (κ2) is 8.78. The third-order valence-corrected chi connectivity index (χ3v) is 4.44. The molecule has 1 aliphatic heterocycles. The molecule has 0 radical (unpaired) electrons. The summed E-state index contributed by atoms with van der Waals surface area (Å²) in [5.41, 5.74) is 2.59. The Bertz CT molecular complexity index is 845. The fourth-order valence-electron chi connectivity index (χ4n) is 3.02. The van der Waals surface area contributed by atoms with E-state index in [2.05, 4.69) is 31.3 Å². The fourth-order valence-corrected chi connectivity index (χ4v) is 3.02. The summed E-state index contributed by atoms with van der Waals surface area (Å²) < 4.78 is 15.5. The standard InChI is InChI=1S/C22H25NO5/c1-14(2)10-16-4-6-17(7-5-16)15(3)23-21(24)12-26-22(25)18-8-9-19-20(11-18)28-13-27-19/h4-9,11,14-15H,10,12-13H2,1-3H3,(H,23,24)/t15-/m1/s1. The van der Waals surface area contributed by atoms with Gasteiger partial charge in [0.2, 0.25) is 6.79 Å². The van der Waals surface area contributed by atoms with Gasteiger partial charge in [-0.05, 0) is 48.6 Å². The maximum absolute atomic E-state index is 12.1. The largest absolute Gasteiger partial charge is 0.454 e. The van der Waals surface area contributed by atoms with Gasteiger partial charge in [-0.25, -0.2) is 4.79 Å². The van der Waals surface area contributed by atoms with Gasteiger partial charge in [-0.3, -0.25) is 4.79 Å². The number of hydrogen-bond donors (Lipinski definition) is 1. The summed E-state index contributed by atoms with van der Waals surface area (Å²) in [6.07, 6.45) is 1.02. The average molecular weight is 383 g/mol. The van der Waals surface area contributed by atoms with Crippen LogP contribution in [0.25, 0.3) is 0 Å². The van der Waals surface area contributed by atoms with Crippen LogP contribution in [0, 0.1) is 5.92 Å². The molecule has 1 amide bonds. The minimum atomic E-state index is -0.584. The van der Waals surface area contributed by atoms with E-state index in [1.54, 1.807) is 18.2 Å². The van der Waals surface area contributed by atoms with Crippen LogP contribution < -0.4 is 14.8 Å². The van der Waals surface area contributed by atoms with Gasteiger partial charge < -0.3 is 19.5 Å². The van der Waals surface area contributed by atoms with E-state index in [1.807, 2.05) is 19.1 Å². The highest BCUT2D eigenvalue weighted by molar-refractivity contribution is 5.92. The van der Waals surface area contributed by atoms with E-state index in [1.165, 1.54) is 5.56 Å². The van der Waals surface area contributed by atoms with Crippen LogP contribution in [0.4, 0.5) is 0 Å². The van der Waals surface area contributed by atoms with Gasteiger partial charge in [-0.15, -0.1) is 0 Å². The molecule has 0 saturated heterocycles. The number of carbonyl (C=O) groups excluding carboxylic acids is 2. The lowest BCUT2D eigenvalue weighted by Gasteiger charge is -2.15. The number of benzene rings is 2. The number of amides is 1. The molecule has 1 aliphatic rings. The van der Waals surface area contributed by atoms with E-state index < -0.39 is 5.97 Å². The first-order valence-corrected chi connectivity index (χ1v) is 9.37. The minimum absolute atomic E-state index is 0.132. The molecular formula is C22H25NO5. The van der Waals surface area contributed by atoms with Crippen molar-refractivity contribution >= 4 is 11.9 Å². The number of carbonyl (C=O) groups is 2.